The standard InChI is InChI=1S/C19H23BrN2O4S/c1-4-11-26-18-10-5-14(12-17(18)20)19(23)21-15-6-8-16(9-7-15)27(24,25)22-13(2)3/h5-10,12-13,22H,4,11H2,1-3H3,(H,21,23). The summed E-state index contributed by atoms with van der Waals surface area (Å²) >= 11 is 3.40. The number of carbonyl (C=O) groups is 1. The molecule has 0 unspecified atom stereocenters. The number of ether oxygens (including phenoxy) is 1. The van der Waals surface area contributed by atoms with E-state index in [4.69, 9.17) is 4.74 Å². The lowest BCUT2D eigenvalue weighted by Gasteiger charge is -2.11. The van der Waals surface area contributed by atoms with Crippen LogP contribution in [0.3, 0.4) is 0 Å². The molecule has 0 atom stereocenters. The Kier molecular flexibility index (Phi) is 7.41. The lowest BCUT2D eigenvalue weighted by atomic mass is 10.2. The van der Waals surface area contributed by atoms with Gasteiger partial charge in [0.25, 0.3) is 5.91 Å². The monoisotopic (exact) mass is 454 g/mol. The predicted octanol–water partition coefficient (Wildman–Crippen LogP) is 4.18. The van der Waals surface area contributed by atoms with Crippen molar-refractivity contribution in [2.75, 3.05) is 11.9 Å². The van der Waals surface area contributed by atoms with Crippen LogP contribution in [0, 0.1) is 0 Å². The second-order valence-electron chi connectivity index (χ2n) is 6.25. The summed E-state index contributed by atoms with van der Waals surface area (Å²) in [5, 5.41) is 2.75. The van der Waals surface area contributed by atoms with E-state index in [9.17, 15) is 13.2 Å². The summed E-state index contributed by atoms with van der Waals surface area (Å²) in [5.74, 6) is 0.384. The van der Waals surface area contributed by atoms with Crippen molar-refractivity contribution in [3.8, 4) is 5.75 Å². The summed E-state index contributed by atoms with van der Waals surface area (Å²) in [6.45, 7) is 6.13. The molecule has 2 aromatic carbocycles. The Morgan fingerprint density at radius 3 is 2.37 bits per heavy atom. The molecule has 2 N–H and O–H groups in total. The van der Waals surface area contributed by atoms with Crippen LogP contribution in [0.4, 0.5) is 5.69 Å². The van der Waals surface area contributed by atoms with E-state index in [1.807, 2.05) is 6.92 Å². The fraction of sp³-hybridized carbons (Fsp3) is 0.316. The van der Waals surface area contributed by atoms with Crippen molar-refractivity contribution < 1.29 is 17.9 Å². The first-order valence-electron chi connectivity index (χ1n) is 8.59. The molecule has 2 aromatic rings. The maximum atomic E-state index is 12.4. The van der Waals surface area contributed by atoms with Crippen LogP contribution >= 0.6 is 15.9 Å². The van der Waals surface area contributed by atoms with Crippen molar-refractivity contribution in [3.05, 3.63) is 52.5 Å². The summed E-state index contributed by atoms with van der Waals surface area (Å²) in [6, 6.07) is 10.9. The van der Waals surface area contributed by atoms with Crippen LogP contribution in [0.5, 0.6) is 5.75 Å². The summed E-state index contributed by atoms with van der Waals surface area (Å²) in [4.78, 5) is 12.6. The van der Waals surface area contributed by atoms with E-state index < -0.39 is 10.0 Å². The molecule has 0 saturated heterocycles. The van der Waals surface area contributed by atoms with E-state index in [-0.39, 0.29) is 16.8 Å². The number of sulfonamides is 1. The van der Waals surface area contributed by atoms with E-state index in [0.717, 1.165) is 6.42 Å². The lowest BCUT2D eigenvalue weighted by molar-refractivity contribution is 0.102. The van der Waals surface area contributed by atoms with Crippen LogP contribution in [0.25, 0.3) is 0 Å². The van der Waals surface area contributed by atoms with Crippen molar-refractivity contribution >= 4 is 37.5 Å². The number of carbonyl (C=O) groups excluding carboxylic acids is 1. The zero-order chi connectivity index (χ0) is 20.0. The minimum Gasteiger partial charge on any atom is -0.492 e. The zero-order valence-electron chi connectivity index (χ0n) is 15.5. The molecule has 0 spiro atoms. The SMILES string of the molecule is CCCOc1ccc(C(=O)Nc2ccc(S(=O)(=O)NC(C)C)cc2)cc1Br. The zero-order valence-corrected chi connectivity index (χ0v) is 17.9. The van der Waals surface area contributed by atoms with Gasteiger partial charge in [-0.2, -0.15) is 0 Å². The Balaban J connectivity index is 2.09. The Bertz CT molecular complexity index is 896. The number of rotatable bonds is 8. The number of hydrogen-bond donors (Lipinski definition) is 2. The van der Waals surface area contributed by atoms with Gasteiger partial charge in [-0.05, 0) is 78.7 Å². The van der Waals surface area contributed by atoms with Gasteiger partial charge in [-0.25, -0.2) is 13.1 Å². The smallest absolute Gasteiger partial charge is 0.255 e. The van der Waals surface area contributed by atoms with Gasteiger partial charge in [0.15, 0.2) is 0 Å². The second kappa shape index (κ2) is 9.34. The van der Waals surface area contributed by atoms with Gasteiger partial charge in [0.2, 0.25) is 10.0 Å². The number of hydrogen-bond acceptors (Lipinski definition) is 4. The van der Waals surface area contributed by atoms with Gasteiger partial charge in [-0.1, -0.05) is 6.92 Å². The summed E-state index contributed by atoms with van der Waals surface area (Å²) in [6.07, 6.45) is 0.896. The first-order chi connectivity index (χ1) is 12.7. The molecule has 0 aliphatic rings. The highest BCUT2D eigenvalue weighted by Crippen LogP contribution is 2.26. The molecule has 0 aromatic heterocycles. The van der Waals surface area contributed by atoms with Crippen LogP contribution in [0.1, 0.15) is 37.6 Å². The molecule has 2 rings (SSSR count). The van der Waals surface area contributed by atoms with E-state index in [1.54, 1.807) is 44.2 Å². The second-order valence-corrected chi connectivity index (χ2v) is 8.82. The molecule has 0 radical (unpaired) electrons. The Morgan fingerprint density at radius 2 is 1.81 bits per heavy atom. The van der Waals surface area contributed by atoms with Gasteiger partial charge in [0.1, 0.15) is 5.75 Å². The third-order valence-corrected chi connectivity index (χ3v) is 5.76. The van der Waals surface area contributed by atoms with E-state index in [2.05, 4.69) is 26.0 Å². The van der Waals surface area contributed by atoms with Gasteiger partial charge in [-0.15, -0.1) is 0 Å². The van der Waals surface area contributed by atoms with Crippen molar-refractivity contribution in [3.63, 3.8) is 0 Å². The molecule has 146 valence electrons. The third kappa shape index (κ3) is 6.05. The highest BCUT2D eigenvalue weighted by molar-refractivity contribution is 9.10. The molecule has 27 heavy (non-hydrogen) atoms. The normalized spacial score (nSPS) is 11.4. The Labute approximate surface area is 168 Å². The molecule has 0 aliphatic carbocycles. The number of benzene rings is 2. The lowest BCUT2D eigenvalue weighted by Crippen LogP contribution is -2.30. The minimum atomic E-state index is -3.56. The number of anilines is 1. The average Bonchev–Trinajstić information content (AvgIpc) is 2.60. The van der Waals surface area contributed by atoms with Gasteiger partial charge in [0.05, 0.1) is 16.0 Å². The molecular weight excluding hydrogens is 432 g/mol. The van der Waals surface area contributed by atoms with Gasteiger partial charge < -0.3 is 10.1 Å². The van der Waals surface area contributed by atoms with Crippen molar-refractivity contribution in [1.82, 2.24) is 4.72 Å². The number of nitrogens with one attached hydrogen (secondary N) is 2. The van der Waals surface area contributed by atoms with Crippen molar-refractivity contribution in [2.45, 2.75) is 38.1 Å². The first-order valence-corrected chi connectivity index (χ1v) is 10.9. The molecule has 0 saturated carbocycles. The van der Waals surface area contributed by atoms with Crippen LogP contribution in [-0.2, 0) is 10.0 Å². The minimum absolute atomic E-state index is 0.148. The Hall–Kier alpha value is -1.90. The van der Waals surface area contributed by atoms with Gasteiger partial charge >= 0.3 is 0 Å². The molecule has 1 amide bonds. The van der Waals surface area contributed by atoms with Crippen molar-refractivity contribution in [1.29, 1.82) is 0 Å². The molecule has 0 fully saturated rings. The largest absolute Gasteiger partial charge is 0.492 e. The molecule has 0 bridgehead atoms. The molecular formula is C19H23BrN2O4S. The maximum Gasteiger partial charge on any atom is 0.255 e. The van der Waals surface area contributed by atoms with Gasteiger partial charge in [-0.3, -0.25) is 4.79 Å². The van der Waals surface area contributed by atoms with Crippen LogP contribution in [-0.4, -0.2) is 27.0 Å². The van der Waals surface area contributed by atoms with Crippen LogP contribution < -0.4 is 14.8 Å². The fourth-order valence-electron chi connectivity index (χ4n) is 2.27. The summed E-state index contributed by atoms with van der Waals surface area (Å²) in [7, 11) is -3.56. The van der Waals surface area contributed by atoms with E-state index >= 15 is 0 Å². The summed E-state index contributed by atoms with van der Waals surface area (Å²) < 4.78 is 33.0. The third-order valence-electron chi connectivity index (χ3n) is 3.47. The predicted molar refractivity (Wildman–Crippen MR) is 110 cm³/mol. The topological polar surface area (TPSA) is 84.5 Å². The number of halogens is 1. The van der Waals surface area contributed by atoms with Crippen molar-refractivity contribution in [2.24, 2.45) is 0 Å². The molecule has 0 aliphatic heterocycles. The van der Waals surface area contributed by atoms with Crippen LogP contribution in [0.2, 0.25) is 0 Å². The van der Waals surface area contributed by atoms with Crippen LogP contribution in [0.15, 0.2) is 51.8 Å². The van der Waals surface area contributed by atoms with E-state index in [1.165, 1.54) is 12.1 Å². The maximum absolute atomic E-state index is 12.4. The highest BCUT2D eigenvalue weighted by atomic mass is 79.9. The van der Waals surface area contributed by atoms with Gasteiger partial charge in [0, 0.05) is 17.3 Å². The Morgan fingerprint density at radius 1 is 1.15 bits per heavy atom. The molecule has 0 heterocycles. The fourth-order valence-corrected chi connectivity index (χ4v) is 4.01. The summed E-state index contributed by atoms with van der Waals surface area (Å²) in [5.41, 5.74) is 0.967. The average molecular weight is 455 g/mol. The molecule has 8 heteroatoms. The molecule has 6 nitrogen and oxygen atoms in total. The number of amides is 1. The highest BCUT2D eigenvalue weighted by Gasteiger charge is 2.15. The quantitative estimate of drug-likeness (QED) is 0.626. The van der Waals surface area contributed by atoms with E-state index in [0.29, 0.717) is 28.1 Å². The first kappa shape index (κ1) is 21.4.